The molecule has 0 bridgehead atoms. The third-order valence-electron chi connectivity index (χ3n) is 1.62. The average Bonchev–Trinajstić information content (AvgIpc) is 2.46. The Balaban J connectivity index is 2.80. The van der Waals surface area contributed by atoms with Crippen molar-refractivity contribution in [2.45, 2.75) is 13.3 Å². The lowest BCUT2D eigenvalue weighted by Crippen LogP contribution is -2.34. The van der Waals surface area contributed by atoms with Crippen molar-refractivity contribution >= 4 is 11.7 Å². The largest absolute Gasteiger partial charge is 0.333 e. The number of aryl methyl sites for hydroxylation is 2. The van der Waals surface area contributed by atoms with Crippen LogP contribution in [0.5, 0.6) is 0 Å². The summed E-state index contributed by atoms with van der Waals surface area (Å²) in [5, 5.41) is 6.72. The fourth-order valence-electron chi connectivity index (χ4n) is 1.06. The van der Waals surface area contributed by atoms with Crippen LogP contribution in [0.2, 0.25) is 0 Å². The zero-order valence-electron chi connectivity index (χ0n) is 7.66. The predicted octanol–water partition coefficient (Wildman–Crippen LogP) is -0.0223. The van der Waals surface area contributed by atoms with Crippen molar-refractivity contribution in [1.82, 2.24) is 15.2 Å². The van der Waals surface area contributed by atoms with Gasteiger partial charge in [0.2, 0.25) is 0 Å². The summed E-state index contributed by atoms with van der Waals surface area (Å²) in [6.07, 6.45) is 2.50. The van der Waals surface area contributed by atoms with Crippen LogP contribution < -0.4 is 16.6 Å². The van der Waals surface area contributed by atoms with E-state index in [9.17, 15) is 4.79 Å². The normalized spacial score (nSPS) is 9.77. The van der Waals surface area contributed by atoms with Gasteiger partial charge in [-0.15, -0.1) is 0 Å². The molecule has 0 fully saturated rings. The van der Waals surface area contributed by atoms with Gasteiger partial charge in [-0.3, -0.25) is 10.1 Å². The van der Waals surface area contributed by atoms with Crippen molar-refractivity contribution in [3.8, 4) is 0 Å². The minimum Gasteiger partial charge on any atom is -0.304 e. The second-order valence-electron chi connectivity index (χ2n) is 2.62. The molecule has 6 nitrogen and oxygen atoms in total. The highest BCUT2D eigenvalue weighted by Crippen LogP contribution is 2.12. The summed E-state index contributed by atoms with van der Waals surface area (Å²) >= 11 is 0. The number of amides is 2. The van der Waals surface area contributed by atoms with Gasteiger partial charge in [0, 0.05) is 13.2 Å². The number of carbonyl (C=O) groups excluding carboxylic acids is 1. The number of carbonyl (C=O) groups is 1. The van der Waals surface area contributed by atoms with Gasteiger partial charge in [-0.05, 0) is 6.42 Å². The minimum atomic E-state index is -0.442. The minimum absolute atomic E-state index is 0.442. The first-order chi connectivity index (χ1) is 6.17. The maximum atomic E-state index is 10.9. The molecule has 1 aromatic rings. The summed E-state index contributed by atoms with van der Waals surface area (Å²) < 4.78 is 1.64. The first-order valence-corrected chi connectivity index (χ1v) is 3.97. The zero-order chi connectivity index (χ0) is 9.84. The first kappa shape index (κ1) is 9.53. The topological polar surface area (TPSA) is 85.0 Å². The third kappa shape index (κ3) is 2.19. The van der Waals surface area contributed by atoms with E-state index in [1.807, 2.05) is 12.3 Å². The molecular weight excluding hydrogens is 170 g/mol. The average molecular weight is 183 g/mol. The molecule has 0 aromatic carbocycles. The van der Waals surface area contributed by atoms with Gasteiger partial charge in [-0.1, -0.05) is 6.92 Å². The zero-order valence-corrected chi connectivity index (χ0v) is 7.66. The van der Waals surface area contributed by atoms with Gasteiger partial charge in [0.25, 0.3) is 0 Å². The van der Waals surface area contributed by atoms with Crippen LogP contribution in [0, 0.1) is 0 Å². The van der Waals surface area contributed by atoms with E-state index in [4.69, 9.17) is 5.84 Å². The number of urea groups is 1. The molecule has 72 valence electrons. The molecule has 13 heavy (non-hydrogen) atoms. The molecule has 0 spiro atoms. The molecule has 2 amide bonds. The summed E-state index contributed by atoms with van der Waals surface area (Å²) in [5.74, 6) is 4.93. The molecule has 1 rings (SSSR count). The number of hydrazine groups is 1. The van der Waals surface area contributed by atoms with Crippen LogP contribution in [0.3, 0.4) is 0 Å². The summed E-state index contributed by atoms with van der Waals surface area (Å²) in [5.41, 5.74) is 3.51. The van der Waals surface area contributed by atoms with Gasteiger partial charge in [-0.25, -0.2) is 10.6 Å². The van der Waals surface area contributed by atoms with Gasteiger partial charge in [0.15, 0.2) is 0 Å². The van der Waals surface area contributed by atoms with E-state index in [0.717, 1.165) is 12.1 Å². The number of nitrogens with one attached hydrogen (secondary N) is 2. The second kappa shape index (κ2) is 3.90. The van der Waals surface area contributed by atoms with Crippen LogP contribution in [0.25, 0.3) is 0 Å². The summed E-state index contributed by atoms with van der Waals surface area (Å²) in [4.78, 5) is 10.9. The summed E-state index contributed by atoms with van der Waals surface area (Å²) in [6, 6.07) is -0.442. The Labute approximate surface area is 76.1 Å². The highest BCUT2D eigenvalue weighted by Gasteiger charge is 2.07. The van der Waals surface area contributed by atoms with Crippen LogP contribution in [-0.4, -0.2) is 15.8 Å². The van der Waals surface area contributed by atoms with Gasteiger partial charge < -0.3 is 5.32 Å². The number of anilines is 1. The van der Waals surface area contributed by atoms with Gasteiger partial charge in [0.1, 0.15) is 0 Å². The lowest BCUT2D eigenvalue weighted by Gasteiger charge is -2.01. The van der Waals surface area contributed by atoms with Crippen molar-refractivity contribution in [3.63, 3.8) is 0 Å². The van der Waals surface area contributed by atoms with E-state index in [0.29, 0.717) is 5.69 Å². The Morgan fingerprint density at radius 2 is 2.46 bits per heavy atom. The van der Waals surface area contributed by atoms with Gasteiger partial charge >= 0.3 is 6.03 Å². The smallest absolute Gasteiger partial charge is 0.304 e. The maximum Gasteiger partial charge on any atom is 0.333 e. The standard InChI is InChI=1S/C7H13N5O/c1-3-5-6(4-12(2)11-5)9-7(13)10-8/h4H,3,8H2,1-2H3,(H2,9,10,13). The Bertz CT molecular complexity index is 306. The van der Waals surface area contributed by atoms with Crippen LogP contribution in [0.1, 0.15) is 12.6 Å². The Morgan fingerprint density at radius 3 is 3.00 bits per heavy atom. The molecule has 0 saturated carbocycles. The monoisotopic (exact) mass is 183 g/mol. The van der Waals surface area contributed by atoms with E-state index < -0.39 is 6.03 Å². The van der Waals surface area contributed by atoms with Crippen molar-refractivity contribution in [1.29, 1.82) is 0 Å². The fourth-order valence-corrected chi connectivity index (χ4v) is 1.06. The highest BCUT2D eigenvalue weighted by atomic mass is 16.2. The van der Waals surface area contributed by atoms with Gasteiger partial charge in [0.05, 0.1) is 11.4 Å². The van der Waals surface area contributed by atoms with Crippen molar-refractivity contribution in [3.05, 3.63) is 11.9 Å². The van der Waals surface area contributed by atoms with Crippen LogP contribution in [0.4, 0.5) is 10.5 Å². The fraction of sp³-hybridized carbons (Fsp3) is 0.429. The second-order valence-corrected chi connectivity index (χ2v) is 2.62. The number of rotatable bonds is 2. The number of hydrogen-bond donors (Lipinski definition) is 3. The van der Waals surface area contributed by atoms with E-state index in [1.54, 1.807) is 17.9 Å². The molecule has 0 radical (unpaired) electrons. The van der Waals surface area contributed by atoms with Crippen molar-refractivity contribution < 1.29 is 4.79 Å². The number of nitrogens with zero attached hydrogens (tertiary/aromatic N) is 2. The Hall–Kier alpha value is -1.56. The molecule has 0 unspecified atom stereocenters. The molecule has 1 heterocycles. The van der Waals surface area contributed by atoms with Crippen molar-refractivity contribution in [2.75, 3.05) is 5.32 Å². The first-order valence-electron chi connectivity index (χ1n) is 3.97. The highest BCUT2D eigenvalue weighted by molar-refractivity contribution is 5.89. The molecule has 0 aliphatic rings. The van der Waals surface area contributed by atoms with Crippen LogP contribution >= 0.6 is 0 Å². The summed E-state index contributed by atoms with van der Waals surface area (Å²) in [6.45, 7) is 1.97. The quantitative estimate of drug-likeness (QED) is 0.342. The lowest BCUT2D eigenvalue weighted by molar-refractivity contribution is 0.252. The maximum absolute atomic E-state index is 10.9. The van der Waals surface area contributed by atoms with E-state index in [-0.39, 0.29) is 0 Å². The van der Waals surface area contributed by atoms with Crippen molar-refractivity contribution in [2.24, 2.45) is 12.9 Å². The predicted molar refractivity (Wildman–Crippen MR) is 48.9 cm³/mol. The molecule has 0 saturated heterocycles. The molecule has 4 N–H and O–H groups in total. The number of hydrogen-bond acceptors (Lipinski definition) is 3. The van der Waals surface area contributed by atoms with Crippen LogP contribution in [-0.2, 0) is 13.5 Å². The molecule has 0 aliphatic heterocycles. The van der Waals surface area contributed by atoms with Gasteiger partial charge in [-0.2, -0.15) is 5.10 Å². The molecule has 0 aliphatic carbocycles. The SMILES string of the molecule is CCc1nn(C)cc1NC(=O)NN. The van der Waals surface area contributed by atoms with E-state index in [2.05, 4.69) is 10.4 Å². The molecule has 1 aromatic heterocycles. The summed E-state index contributed by atoms with van der Waals surface area (Å²) in [7, 11) is 1.80. The molecular formula is C7H13N5O. The van der Waals surface area contributed by atoms with Crippen LogP contribution in [0.15, 0.2) is 6.20 Å². The lowest BCUT2D eigenvalue weighted by atomic mass is 10.3. The van der Waals surface area contributed by atoms with E-state index >= 15 is 0 Å². The molecule has 6 heteroatoms. The van der Waals surface area contributed by atoms with E-state index in [1.165, 1.54) is 0 Å². The third-order valence-corrected chi connectivity index (χ3v) is 1.62. The number of nitrogens with two attached hydrogens (primary N) is 1. The Morgan fingerprint density at radius 1 is 1.77 bits per heavy atom. The molecule has 0 atom stereocenters. The number of aromatic nitrogens is 2. The Kier molecular flexibility index (Phi) is 2.86.